The van der Waals surface area contributed by atoms with Crippen LogP contribution in [0.15, 0.2) is 18.2 Å². The highest BCUT2D eigenvalue weighted by molar-refractivity contribution is 6.31. The molecule has 0 amide bonds. The Balaban J connectivity index is 2.73. The molecule has 0 spiro atoms. The molecule has 0 saturated heterocycles. The Kier molecular flexibility index (Phi) is 3.68. The Morgan fingerprint density at radius 3 is 2.47 bits per heavy atom. The van der Waals surface area contributed by atoms with Crippen LogP contribution in [0.25, 0.3) is 11.3 Å². The maximum Gasteiger partial charge on any atom is 0.316 e. The molecule has 2 rings (SSSR count). The fourth-order valence-corrected chi connectivity index (χ4v) is 2.08. The van der Waals surface area contributed by atoms with E-state index < -0.39 is 4.92 Å². The van der Waals surface area contributed by atoms with E-state index in [9.17, 15) is 10.1 Å². The fraction of sp³-hybridized carbons (Fsp3) is 0.167. The normalized spacial score (nSPS) is 10.5. The minimum Gasteiger partial charge on any atom is -0.258 e. The van der Waals surface area contributed by atoms with Gasteiger partial charge >= 0.3 is 5.69 Å². The third-order valence-electron chi connectivity index (χ3n) is 2.66. The summed E-state index contributed by atoms with van der Waals surface area (Å²) < 4.78 is 0. The zero-order valence-electron chi connectivity index (χ0n) is 10.1. The molecule has 0 aliphatic carbocycles. The first kappa shape index (κ1) is 13.7. The Labute approximate surface area is 119 Å². The van der Waals surface area contributed by atoms with E-state index in [2.05, 4.69) is 9.97 Å². The topological polar surface area (TPSA) is 68.9 Å². The van der Waals surface area contributed by atoms with Crippen LogP contribution in [0.5, 0.6) is 0 Å². The summed E-state index contributed by atoms with van der Waals surface area (Å²) in [6, 6.07) is 5.11. The second-order valence-electron chi connectivity index (χ2n) is 4.00. The lowest BCUT2D eigenvalue weighted by Crippen LogP contribution is -2.01. The van der Waals surface area contributed by atoms with Crippen LogP contribution in [0.1, 0.15) is 11.3 Å². The van der Waals surface area contributed by atoms with Gasteiger partial charge in [-0.05, 0) is 37.1 Å². The molecule has 1 aromatic heterocycles. The largest absolute Gasteiger partial charge is 0.316 e. The number of halogens is 2. The molecule has 7 heteroatoms. The second kappa shape index (κ2) is 5.11. The van der Waals surface area contributed by atoms with Crippen molar-refractivity contribution in [3.8, 4) is 11.3 Å². The second-order valence-corrected chi connectivity index (χ2v) is 4.74. The van der Waals surface area contributed by atoms with Crippen LogP contribution < -0.4 is 0 Å². The van der Waals surface area contributed by atoms with E-state index in [0.29, 0.717) is 10.6 Å². The Morgan fingerprint density at radius 1 is 1.21 bits per heavy atom. The van der Waals surface area contributed by atoms with Crippen molar-refractivity contribution in [2.75, 3.05) is 0 Å². The van der Waals surface area contributed by atoms with Crippen LogP contribution in [0.2, 0.25) is 10.3 Å². The van der Waals surface area contributed by atoms with Crippen molar-refractivity contribution in [1.29, 1.82) is 0 Å². The Morgan fingerprint density at radius 2 is 1.89 bits per heavy atom. The van der Waals surface area contributed by atoms with E-state index in [-0.39, 0.29) is 22.4 Å². The standard InChI is InChI=1S/C12H9Cl2N3O2/c1-6-3-4-8(5-9(6)13)10-11(17(18)19)7(2)15-12(14)16-10/h3-5H,1-2H3. The number of aryl methyl sites for hydroxylation is 2. The maximum absolute atomic E-state index is 11.1. The van der Waals surface area contributed by atoms with Gasteiger partial charge in [0, 0.05) is 10.6 Å². The summed E-state index contributed by atoms with van der Waals surface area (Å²) in [7, 11) is 0. The molecule has 0 atom stereocenters. The highest BCUT2D eigenvalue weighted by Gasteiger charge is 2.23. The van der Waals surface area contributed by atoms with E-state index in [0.717, 1.165) is 5.56 Å². The lowest BCUT2D eigenvalue weighted by Gasteiger charge is -2.06. The summed E-state index contributed by atoms with van der Waals surface area (Å²) in [5, 5.41) is 11.6. The van der Waals surface area contributed by atoms with Crippen molar-refractivity contribution in [2.45, 2.75) is 13.8 Å². The molecule has 0 fully saturated rings. The molecular formula is C12H9Cl2N3O2. The highest BCUT2D eigenvalue weighted by atomic mass is 35.5. The van der Waals surface area contributed by atoms with Crippen LogP contribution in [0.3, 0.4) is 0 Å². The molecule has 0 radical (unpaired) electrons. The third-order valence-corrected chi connectivity index (χ3v) is 3.24. The molecule has 19 heavy (non-hydrogen) atoms. The van der Waals surface area contributed by atoms with E-state index in [1.54, 1.807) is 18.2 Å². The fourth-order valence-electron chi connectivity index (χ4n) is 1.69. The summed E-state index contributed by atoms with van der Waals surface area (Å²) in [5.74, 6) is 0. The van der Waals surface area contributed by atoms with Crippen molar-refractivity contribution in [3.05, 3.63) is 49.9 Å². The van der Waals surface area contributed by atoms with Gasteiger partial charge in [0.25, 0.3) is 0 Å². The van der Waals surface area contributed by atoms with E-state index in [1.165, 1.54) is 6.92 Å². The van der Waals surface area contributed by atoms with E-state index >= 15 is 0 Å². The SMILES string of the molecule is Cc1ccc(-c2nc(Cl)nc(C)c2[N+](=O)[O-])cc1Cl. The molecule has 0 N–H and O–H groups in total. The summed E-state index contributed by atoms with van der Waals surface area (Å²) >= 11 is 11.8. The van der Waals surface area contributed by atoms with Crippen molar-refractivity contribution in [1.82, 2.24) is 9.97 Å². The average Bonchev–Trinajstić information content (AvgIpc) is 2.31. The van der Waals surface area contributed by atoms with Crippen LogP contribution in [0.4, 0.5) is 5.69 Å². The number of hydrogen-bond donors (Lipinski definition) is 0. The van der Waals surface area contributed by atoms with E-state index in [1.807, 2.05) is 6.92 Å². The van der Waals surface area contributed by atoms with Crippen molar-refractivity contribution < 1.29 is 4.92 Å². The molecule has 1 aromatic carbocycles. The predicted molar refractivity (Wildman–Crippen MR) is 73.6 cm³/mol. The molecule has 98 valence electrons. The maximum atomic E-state index is 11.1. The van der Waals surface area contributed by atoms with Crippen LogP contribution in [-0.4, -0.2) is 14.9 Å². The minimum atomic E-state index is -0.519. The molecule has 1 heterocycles. The smallest absolute Gasteiger partial charge is 0.258 e. The summed E-state index contributed by atoms with van der Waals surface area (Å²) in [6.45, 7) is 3.36. The van der Waals surface area contributed by atoms with Crippen LogP contribution >= 0.6 is 23.2 Å². The molecular weight excluding hydrogens is 289 g/mol. The van der Waals surface area contributed by atoms with Gasteiger partial charge < -0.3 is 0 Å². The number of nitro groups is 1. The molecule has 0 bridgehead atoms. The molecule has 2 aromatic rings. The quantitative estimate of drug-likeness (QED) is 0.478. The van der Waals surface area contributed by atoms with E-state index in [4.69, 9.17) is 23.2 Å². The van der Waals surface area contributed by atoms with Crippen molar-refractivity contribution >= 4 is 28.9 Å². The van der Waals surface area contributed by atoms with Gasteiger partial charge in [0.05, 0.1) is 4.92 Å². The lowest BCUT2D eigenvalue weighted by atomic mass is 10.1. The first-order chi connectivity index (χ1) is 8.90. The highest BCUT2D eigenvalue weighted by Crippen LogP contribution is 2.33. The predicted octanol–water partition coefficient (Wildman–Crippen LogP) is 3.98. The van der Waals surface area contributed by atoms with Crippen LogP contribution in [-0.2, 0) is 0 Å². The van der Waals surface area contributed by atoms with Gasteiger partial charge in [-0.15, -0.1) is 0 Å². The Bertz CT molecular complexity index is 674. The zero-order valence-corrected chi connectivity index (χ0v) is 11.7. The summed E-state index contributed by atoms with van der Waals surface area (Å²) in [5.41, 5.74) is 1.64. The number of benzene rings is 1. The number of aromatic nitrogens is 2. The van der Waals surface area contributed by atoms with Gasteiger partial charge in [0.1, 0.15) is 5.69 Å². The molecule has 0 unspecified atom stereocenters. The van der Waals surface area contributed by atoms with Gasteiger partial charge in [-0.1, -0.05) is 23.7 Å². The molecule has 5 nitrogen and oxygen atoms in total. The summed E-state index contributed by atoms with van der Waals surface area (Å²) in [4.78, 5) is 18.4. The summed E-state index contributed by atoms with van der Waals surface area (Å²) in [6.07, 6.45) is 0. The third kappa shape index (κ3) is 2.67. The van der Waals surface area contributed by atoms with Gasteiger partial charge in [0.15, 0.2) is 5.69 Å². The number of hydrogen-bond acceptors (Lipinski definition) is 4. The Hall–Kier alpha value is -1.72. The molecule has 0 aliphatic heterocycles. The first-order valence-corrected chi connectivity index (χ1v) is 6.11. The van der Waals surface area contributed by atoms with Crippen LogP contribution in [0, 0.1) is 24.0 Å². The molecule has 0 aliphatic rings. The average molecular weight is 298 g/mol. The lowest BCUT2D eigenvalue weighted by molar-refractivity contribution is -0.385. The molecule has 0 saturated carbocycles. The minimum absolute atomic E-state index is 0.0326. The number of rotatable bonds is 2. The van der Waals surface area contributed by atoms with Gasteiger partial charge in [-0.2, -0.15) is 0 Å². The monoisotopic (exact) mass is 297 g/mol. The number of nitrogens with zero attached hydrogens (tertiary/aromatic N) is 3. The van der Waals surface area contributed by atoms with Crippen molar-refractivity contribution in [3.63, 3.8) is 0 Å². The van der Waals surface area contributed by atoms with Gasteiger partial charge in [-0.25, -0.2) is 9.97 Å². The van der Waals surface area contributed by atoms with Crippen molar-refractivity contribution in [2.24, 2.45) is 0 Å². The zero-order chi connectivity index (χ0) is 14.2. The van der Waals surface area contributed by atoms with Gasteiger partial charge in [-0.3, -0.25) is 10.1 Å². The first-order valence-electron chi connectivity index (χ1n) is 5.35. The van der Waals surface area contributed by atoms with Gasteiger partial charge in [0.2, 0.25) is 5.28 Å².